The Balaban J connectivity index is 3.74. The third-order valence-corrected chi connectivity index (χ3v) is 1.68. The second-order valence-corrected chi connectivity index (χ2v) is 2.93. The monoisotopic (exact) mass is 192 g/mol. The summed E-state index contributed by atoms with van der Waals surface area (Å²) in [5.74, 6) is 0. The van der Waals surface area contributed by atoms with E-state index in [1.165, 1.54) is 0 Å². The summed E-state index contributed by atoms with van der Waals surface area (Å²) in [6.07, 6.45) is -1.65. The van der Waals surface area contributed by atoms with Crippen LogP contribution in [0, 0.1) is 6.92 Å². The van der Waals surface area contributed by atoms with Crippen molar-refractivity contribution in [2.45, 2.75) is 12.2 Å². The molecule has 1 radical (unpaired) electrons. The number of rotatable bonds is 7. The standard InChI is InChI=1S/C8H18NO4/c1-2-9(3-7(12)5-10)4-8(13)6-11/h7-8,10-13H,1-6H2. The van der Waals surface area contributed by atoms with Crippen LogP contribution < -0.4 is 0 Å². The first-order chi connectivity index (χ1) is 6.13. The van der Waals surface area contributed by atoms with Crippen LogP contribution in [-0.4, -0.2) is 70.4 Å². The minimum absolute atomic E-state index is 0.247. The summed E-state index contributed by atoms with van der Waals surface area (Å²) < 4.78 is 0. The summed E-state index contributed by atoms with van der Waals surface area (Å²) in [7, 11) is 0. The van der Waals surface area contributed by atoms with Crippen LogP contribution in [0.2, 0.25) is 0 Å². The topological polar surface area (TPSA) is 84.2 Å². The number of aliphatic hydroxyl groups excluding tert-OH is 4. The first kappa shape index (κ1) is 12.8. The Morgan fingerprint density at radius 1 is 1.00 bits per heavy atom. The van der Waals surface area contributed by atoms with Gasteiger partial charge in [0.25, 0.3) is 0 Å². The molecule has 0 saturated carbocycles. The minimum Gasteiger partial charge on any atom is -0.394 e. The highest BCUT2D eigenvalue weighted by Gasteiger charge is 2.12. The molecule has 0 rings (SSSR count). The van der Waals surface area contributed by atoms with E-state index >= 15 is 0 Å². The van der Waals surface area contributed by atoms with Gasteiger partial charge in [0.1, 0.15) is 0 Å². The van der Waals surface area contributed by atoms with E-state index in [-0.39, 0.29) is 26.3 Å². The maximum atomic E-state index is 9.08. The van der Waals surface area contributed by atoms with Crippen LogP contribution in [0.3, 0.4) is 0 Å². The van der Waals surface area contributed by atoms with Crippen molar-refractivity contribution in [1.29, 1.82) is 0 Å². The Morgan fingerprint density at radius 2 is 1.38 bits per heavy atom. The van der Waals surface area contributed by atoms with Gasteiger partial charge >= 0.3 is 0 Å². The largest absolute Gasteiger partial charge is 0.394 e. The van der Waals surface area contributed by atoms with Gasteiger partial charge in [0.2, 0.25) is 0 Å². The molecular weight excluding hydrogens is 174 g/mol. The van der Waals surface area contributed by atoms with Crippen molar-refractivity contribution in [2.75, 3.05) is 32.8 Å². The molecule has 2 atom stereocenters. The van der Waals surface area contributed by atoms with Crippen molar-refractivity contribution in [1.82, 2.24) is 4.90 Å². The summed E-state index contributed by atoms with van der Waals surface area (Å²) in [5.41, 5.74) is 0. The zero-order valence-corrected chi connectivity index (χ0v) is 7.63. The van der Waals surface area contributed by atoms with E-state index in [1.807, 2.05) is 0 Å². The molecule has 0 aliphatic rings. The molecule has 4 N–H and O–H groups in total. The average molecular weight is 192 g/mol. The Labute approximate surface area is 78.2 Å². The predicted octanol–water partition coefficient (Wildman–Crippen LogP) is -2.17. The molecule has 0 heterocycles. The summed E-state index contributed by atoms with van der Waals surface area (Å²) in [4.78, 5) is 1.65. The number of nitrogens with zero attached hydrogens (tertiary/aromatic N) is 1. The Hall–Kier alpha value is -0.200. The van der Waals surface area contributed by atoms with Gasteiger partial charge in [-0.15, -0.1) is 0 Å². The molecule has 0 aromatic rings. The lowest BCUT2D eigenvalue weighted by atomic mass is 10.3. The molecule has 5 heteroatoms. The highest BCUT2D eigenvalue weighted by atomic mass is 16.3. The van der Waals surface area contributed by atoms with E-state index in [1.54, 1.807) is 4.90 Å². The number of hydrogen-bond donors (Lipinski definition) is 4. The lowest BCUT2D eigenvalue weighted by Crippen LogP contribution is -2.40. The number of hydrogen-bond acceptors (Lipinski definition) is 5. The zero-order chi connectivity index (χ0) is 10.3. The SMILES string of the molecule is [CH2]CN(CC(O)CO)CC(O)CO. The molecule has 0 aliphatic heterocycles. The smallest absolute Gasteiger partial charge is 0.0897 e. The van der Waals surface area contributed by atoms with Crippen LogP contribution in [0.1, 0.15) is 0 Å². The van der Waals surface area contributed by atoms with Gasteiger partial charge in [-0.3, -0.25) is 4.90 Å². The molecule has 13 heavy (non-hydrogen) atoms. The lowest BCUT2D eigenvalue weighted by Gasteiger charge is -2.24. The predicted molar refractivity (Wildman–Crippen MR) is 48.0 cm³/mol. The first-order valence-electron chi connectivity index (χ1n) is 4.23. The van der Waals surface area contributed by atoms with Crippen LogP contribution in [0.5, 0.6) is 0 Å². The van der Waals surface area contributed by atoms with E-state index in [2.05, 4.69) is 6.92 Å². The Bertz CT molecular complexity index is 111. The molecule has 0 bridgehead atoms. The van der Waals surface area contributed by atoms with Crippen LogP contribution in [-0.2, 0) is 0 Å². The third kappa shape index (κ3) is 5.95. The highest BCUT2D eigenvalue weighted by molar-refractivity contribution is 4.68. The normalized spacial score (nSPS) is 16.2. The van der Waals surface area contributed by atoms with Crippen molar-refractivity contribution in [3.05, 3.63) is 6.92 Å². The molecule has 5 nitrogen and oxygen atoms in total. The lowest BCUT2D eigenvalue weighted by molar-refractivity contribution is 0.0273. The van der Waals surface area contributed by atoms with Gasteiger partial charge in [-0.25, -0.2) is 0 Å². The Kier molecular flexibility index (Phi) is 7.12. The molecule has 0 aromatic heterocycles. The van der Waals surface area contributed by atoms with E-state index in [9.17, 15) is 0 Å². The van der Waals surface area contributed by atoms with Crippen LogP contribution >= 0.6 is 0 Å². The van der Waals surface area contributed by atoms with Crippen molar-refractivity contribution >= 4 is 0 Å². The molecule has 0 fully saturated rings. The van der Waals surface area contributed by atoms with Gasteiger partial charge in [-0.05, 0) is 13.5 Å². The minimum atomic E-state index is -0.826. The summed E-state index contributed by atoms with van der Waals surface area (Å²) >= 11 is 0. The van der Waals surface area contributed by atoms with Crippen LogP contribution in [0.15, 0.2) is 0 Å². The van der Waals surface area contributed by atoms with Gasteiger partial charge < -0.3 is 20.4 Å². The Morgan fingerprint density at radius 3 is 1.62 bits per heavy atom. The van der Waals surface area contributed by atoms with Crippen molar-refractivity contribution in [3.8, 4) is 0 Å². The van der Waals surface area contributed by atoms with Gasteiger partial charge in [0.15, 0.2) is 0 Å². The molecule has 0 aromatic carbocycles. The van der Waals surface area contributed by atoms with Crippen molar-refractivity contribution in [2.24, 2.45) is 0 Å². The molecule has 79 valence electrons. The van der Waals surface area contributed by atoms with Crippen LogP contribution in [0.4, 0.5) is 0 Å². The van der Waals surface area contributed by atoms with Gasteiger partial charge in [0.05, 0.1) is 25.4 Å². The van der Waals surface area contributed by atoms with E-state index in [0.29, 0.717) is 6.54 Å². The van der Waals surface area contributed by atoms with Crippen molar-refractivity contribution in [3.63, 3.8) is 0 Å². The second-order valence-electron chi connectivity index (χ2n) is 2.93. The van der Waals surface area contributed by atoms with E-state index in [4.69, 9.17) is 20.4 Å². The maximum Gasteiger partial charge on any atom is 0.0897 e. The highest BCUT2D eigenvalue weighted by Crippen LogP contribution is 1.94. The van der Waals surface area contributed by atoms with E-state index < -0.39 is 12.2 Å². The summed E-state index contributed by atoms with van der Waals surface area (Å²) in [6, 6.07) is 0. The molecule has 0 saturated heterocycles. The van der Waals surface area contributed by atoms with Gasteiger partial charge in [-0.2, -0.15) is 0 Å². The van der Waals surface area contributed by atoms with Crippen molar-refractivity contribution < 1.29 is 20.4 Å². The molecule has 0 spiro atoms. The first-order valence-corrected chi connectivity index (χ1v) is 4.23. The molecular formula is C8H18NO4. The molecule has 0 aliphatic carbocycles. The van der Waals surface area contributed by atoms with Gasteiger partial charge in [0, 0.05) is 13.1 Å². The fourth-order valence-corrected chi connectivity index (χ4v) is 0.969. The summed E-state index contributed by atoms with van der Waals surface area (Å²) in [6.45, 7) is 3.88. The fourth-order valence-electron chi connectivity index (χ4n) is 0.969. The maximum absolute atomic E-state index is 9.08. The third-order valence-electron chi connectivity index (χ3n) is 1.68. The fraction of sp³-hybridized carbons (Fsp3) is 0.875. The van der Waals surface area contributed by atoms with E-state index in [0.717, 1.165) is 0 Å². The average Bonchev–Trinajstić information content (AvgIpc) is 2.16. The number of aliphatic hydroxyl groups is 4. The quantitative estimate of drug-likeness (QED) is 0.369. The van der Waals surface area contributed by atoms with Crippen LogP contribution in [0.25, 0.3) is 0 Å². The zero-order valence-electron chi connectivity index (χ0n) is 7.63. The molecule has 0 amide bonds. The second kappa shape index (κ2) is 7.23. The molecule has 2 unspecified atom stereocenters. The van der Waals surface area contributed by atoms with Gasteiger partial charge in [-0.1, -0.05) is 0 Å². The summed E-state index contributed by atoms with van der Waals surface area (Å²) in [5, 5.41) is 35.3.